The molecule has 104 valence electrons. The second-order valence-corrected chi connectivity index (χ2v) is 4.84. The molecule has 0 heterocycles. The highest BCUT2D eigenvalue weighted by Gasteiger charge is 2.14. The summed E-state index contributed by atoms with van der Waals surface area (Å²) in [7, 11) is 1.57. The van der Waals surface area contributed by atoms with Gasteiger partial charge in [-0.2, -0.15) is 0 Å². The van der Waals surface area contributed by atoms with Gasteiger partial charge in [0.2, 0.25) is 0 Å². The molecule has 2 aromatic rings. The number of nitrogens with two attached hydrogens (primary N) is 2. The van der Waals surface area contributed by atoms with E-state index in [-0.39, 0.29) is 11.3 Å². The van der Waals surface area contributed by atoms with Gasteiger partial charge in [0.15, 0.2) is 5.75 Å². The van der Waals surface area contributed by atoms with Crippen molar-refractivity contribution in [2.75, 3.05) is 12.8 Å². The molecule has 0 spiro atoms. The van der Waals surface area contributed by atoms with Crippen molar-refractivity contribution in [3.8, 4) is 17.2 Å². The van der Waals surface area contributed by atoms with Gasteiger partial charge in [0.1, 0.15) is 11.5 Å². The lowest BCUT2D eigenvalue weighted by Crippen LogP contribution is -2.13. The van der Waals surface area contributed by atoms with Crippen LogP contribution in [0.25, 0.3) is 0 Å². The Labute approximate surface area is 124 Å². The fraction of sp³-hybridized carbons (Fsp3) is 0.0714. The smallest absolute Gasteiger partial charge is 0.252 e. The van der Waals surface area contributed by atoms with Gasteiger partial charge in [0.05, 0.1) is 22.8 Å². The van der Waals surface area contributed by atoms with Gasteiger partial charge in [-0.05, 0) is 46.3 Å². The lowest BCUT2D eigenvalue weighted by Gasteiger charge is -2.13. The third kappa shape index (κ3) is 2.85. The zero-order valence-electron chi connectivity index (χ0n) is 10.7. The number of amides is 1. The van der Waals surface area contributed by atoms with Gasteiger partial charge in [-0.3, -0.25) is 4.79 Å². The highest BCUT2D eigenvalue weighted by Crippen LogP contribution is 2.36. The molecule has 2 rings (SSSR count). The molecule has 5 nitrogen and oxygen atoms in total. The summed E-state index contributed by atoms with van der Waals surface area (Å²) in [5, 5.41) is 0. The van der Waals surface area contributed by atoms with Crippen molar-refractivity contribution in [1.82, 2.24) is 0 Å². The average Bonchev–Trinajstić information content (AvgIpc) is 2.42. The average molecular weight is 337 g/mol. The number of hydrogen-bond donors (Lipinski definition) is 2. The highest BCUT2D eigenvalue weighted by atomic mass is 79.9. The molecular weight excluding hydrogens is 324 g/mol. The molecule has 1 amide bonds. The van der Waals surface area contributed by atoms with Crippen molar-refractivity contribution in [1.29, 1.82) is 0 Å². The number of primary amides is 1. The number of ether oxygens (including phenoxy) is 2. The first kappa shape index (κ1) is 14.2. The predicted octanol–water partition coefficient (Wildman–Crippen LogP) is 2.93. The first-order valence-electron chi connectivity index (χ1n) is 5.72. The molecule has 6 heteroatoms. The Bertz CT molecular complexity index is 659. The van der Waals surface area contributed by atoms with E-state index in [9.17, 15) is 4.79 Å². The second kappa shape index (κ2) is 5.83. The Morgan fingerprint density at radius 3 is 2.60 bits per heavy atom. The Balaban J connectivity index is 2.42. The summed E-state index contributed by atoms with van der Waals surface area (Å²) in [6.45, 7) is 0. The van der Waals surface area contributed by atoms with Crippen LogP contribution in [0.2, 0.25) is 0 Å². The van der Waals surface area contributed by atoms with E-state index in [1.807, 2.05) is 0 Å². The SMILES string of the molecule is COc1ccc(Oc2c(N)cccc2C(N)=O)c(Br)c1. The summed E-state index contributed by atoms with van der Waals surface area (Å²) in [6.07, 6.45) is 0. The van der Waals surface area contributed by atoms with Crippen LogP contribution in [0, 0.1) is 0 Å². The molecule has 4 N–H and O–H groups in total. The van der Waals surface area contributed by atoms with Crippen molar-refractivity contribution in [3.63, 3.8) is 0 Å². The predicted molar refractivity (Wildman–Crippen MR) is 80.1 cm³/mol. The zero-order chi connectivity index (χ0) is 14.7. The van der Waals surface area contributed by atoms with Crippen LogP contribution in [0.15, 0.2) is 40.9 Å². The van der Waals surface area contributed by atoms with Crippen LogP contribution in [-0.4, -0.2) is 13.0 Å². The van der Waals surface area contributed by atoms with Gasteiger partial charge < -0.3 is 20.9 Å². The van der Waals surface area contributed by atoms with Crippen LogP contribution >= 0.6 is 15.9 Å². The topological polar surface area (TPSA) is 87.6 Å². The van der Waals surface area contributed by atoms with Crippen LogP contribution in [0.5, 0.6) is 17.2 Å². The van der Waals surface area contributed by atoms with Crippen molar-refractivity contribution in [2.24, 2.45) is 5.73 Å². The minimum absolute atomic E-state index is 0.229. The lowest BCUT2D eigenvalue weighted by molar-refractivity contribution is 0.0998. The Hall–Kier alpha value is -2.21. The van der Waals surface area contributed by atoms with E-state index < -0.39 is 5.91 Å². The third-order valence-electron chi connectivity index (χ3n) is 2.66. The molecule has 0 saturated carbocycles. The standard InChI is InChI=1S/C14H13BrN2O3/c1-19-8-5-6-12(10(15)7-8)20-13-9(14(17)18)3-2-4-11(13)16/h2-7H,16H2,1H3,(H2,17,18). The normalized spacial score (nSPS) is 10.1. The molecular formula is C14H13BrN2O3. The summed E-state index contributed by atoms with van der Waals surface area (Å²) >= 11 is 3.37. The maximum Gasteiger partial charge on any atom is 0.252 e. The Kier molecular flexibility index (Phi) is 4.14. The minimum atomic E-state index is -0.600. The number of halogens is 1. The van der Waals surface area contributed by atoms with Gasteiger partial charge in [0, 0.05) is 0 Å². The van der Waals surface area contributed by atoms with E-state index in [4.69, 9.17) is 20.9 Å². The van der Waals surface area contributed by atoms with E-state index in [1.165, 1.54) is 0 Å². The molecule has 20 heavy (non-hydrogen) atoms. The molecule has 0 aliphatic heterocycles. The number of hydrogen-bond acceptors (Lipinski definition) is 4. The molecule has 0 bridgehead atoms. The number of rotatable bonds is 4. The van der Waals surface area contributed by atoms with Crippen LogP contribution < -0.4 is 20.9 Å². The zero-order valence-corrected chi connectivity index (χ0v) is 12.3. The van der Waals surface area contributed by atoms with E-state index in [0.29, 0.717) is 21.7 Å². The van der Waals surface area contributed by atoms with E-state index >= 15 is 0 Å². The largest absolute Gasteiger partial charge is 0.497 e. The molecule has 0 aliphatic rings. The Morgan fingerprint density at radius 2 is 2.00 bits per heavy atom. The molecule has 0 radical (unpaired) electrons. The number of nitrogen functional groups attached to an aromatic ring is 1. The first-order chi connectivity index (χ1) is 9.52. The number of carbonyl (C=O) groups is 1. The fourth-order valence-corrected chi connectivity index (χ4v) is 2.10. The number of carbonyl (C=O) groups excluding carboxylic acids is 1. The summed E-state index contributed by atoms with van der Waals surface area (Å²) in [4.78, 5) is 11.4. The van der Waals surface area contributed by atoms with Gasteiger partial charge in [0.25, 0.3) is 5.91 Å². The van der Waals surface area contributed by atoms with Gasteiger partial charge in [-0.1, -0.05) is 6.07 Å². The highest BCUT2D eigenvalue weighted by molar-refractivity contribution is 9.10. The van der Waals surface area contributed by atoms with Gasteiger partial charge in [-0.15, -0.1) is 0 Å². The van der Waals surface area contributed by atoms with Crippen LogP contribution in [0.3, 0.4) is 0 Å². The van der Waals surface area contributed by atoms with E-state index in [1.54, 1.807) is 43.5 Å². The lowest BCUT2D eigenvalue weighted by atomic mass is 10.1. The molecule has 0 aliphatic carbocycles. The van der Waals surface area contributed by atoms with Crippen molar-refractivity contribution in [3.05, 3.63) is 46.4 Å². The van der Waals surface area contributed by atoms with Gasteiger partial charge in [-0.25, -0.2) is 0 Å². The fourth-order valence-electron chi connectivity index (χ4n) is 1.66. The molecule has 0 aromatic heterocycles. The number of methoxy groups -OCH3 is 1. The maximum absolute atomic E-state index is 11.4. The van der Waals surface area contributed by atoms with Crippen LogP contribution in [-0.2, 0) is 0 Å². The van der Waals surface area contributed by atoms with Crippen molar-refractivity contribution < 1.29 is 14.3 Å². The summed E-state index contributed by atoms with van der Waals surface area (Å²) in [5.74, 6) is 0.828. The van der Waals surface area contributed by atoms with Crippen molar-refractivity contribution in [2.45, 2.75) is 0 Å². The summed E-state index contributed by atoms with van der Waals surface area (Å²) in [5.41, 5.74) is 11.7. The monoisotopic (exact) mass is 336 g/mol. The molecule has 2 aromatic carbocycles. The van der Waals surface area contributed by atoms with Crippen LogP contribution in [0.1, 0.15) is 10.4 Å². The minimum Gasteiger partial charge on any atom is -0.497 e. The van der Waals surface area contributed by atoms with Crippen molar-refractivity contribution >= 4 is 27.5 Å². The van der Waals surface area contributed by atoms with Gasteiger partial charge >= 0.3 is 0 Å². The number of anilines is 1. The summed E-state index contributed by atoms with van der Waals surface area (Å²) in [6, 6.07) is 10.0. The number of para-hydroxylation sites is 1. The second-order valence-electron chi connectivity index (χ2n) is 3.99. The quantitative estimate of drug-likeness (QED) is 0.840. The molecule has 0 atom stereocenters. The van der Waals surface area contributed by atoms with E-state index in [2.05, 4.69) is 15.9 Å². The number of benzene rings is 2. The molecule has 0 unspecified atom stereocenters. The Morgan fingerprint density at radius 1 is 1.25 bits per heavy atom. The van der Waals surface area contributed by atoms with Crippen LogP contribution in [0.4, 0.5) is 5.69 Å². The first-order valence-corrected chi connectivity index (χ1v) is 6.52. The van der Waals surface area contributed by atoms with E-state index in [0.717, 1.165) is 0 Å². The maximum atomic E-state index is 11.4. The summed E-state index contributed by atoms with van der Waals surface area (Å²) < 4.78 is 11.5. The third-order valence-corrected chi connectivity index (χ3v) is 3.28. The molecule has 0 fully saturated rings. The molecule has 0 saturated heterocycles.